The van der Waals surface area contributed by atoms with Crippen molar-refractivity contribution >= 4 is 29.6 Å². The molecule has 0 aliphatic carbocycles. The number of rotatable bonds is 8. The highest BCUT2D eigenvalue weighted by Crippen LogP contribution is 2.44. The second-order valence-electron chi connectivity index (χ2n) is 14.5. The van der Waals surface area contributed by atoms with Gasteiger partial charge in [-0.05, 0) is 122 Å². The number of aliphatic hydroxyl groups excluding tert-OH is 2. The molecule has 348 valence electrons. The summed E-state index contributed by atoms with van der Waals surface area (Å²) in [6, 6.07) is 15.9. The predicted octanol–water partition coefficient (Wildman–Crippen LogP) is -1.18. The molecule has 6 saturated heterocycles. The Balaban J connectivity index is -0.000000888. The molecule has 0 spiro atoms. The number of methoxy groups -OCH3 is 2. The highest BCUT2D eigenvalue weighted by Gasteiger charge is 2.43. The second-order valence-corrected chi connectivity index (χ2v) is 15.5. The summed E-state index contributed by atoms with van der Waals surface area (Å²) in [5.41, 5.74) is 3.69. The summed E-state index contributed by atoms with van der Waals surface area (Å²) in [6.45, 7) is 12.1. The van der Waals surface area contributed by atoms with Crippen molar-refractivity contribution < 1.29 is 82.7 Å². The summed E-state index contributed by atoms with van der Waals surface area (Å²) in [6.07, 6.45) is 11.2. The smallest absolute Gasteiger partial charge is 0.466 e. The molecular weight excluding hydrogens is 823 g/mol. The Morgan fingerprint density at radius 1 is 0.656 bits per heavy atom. The molecule has 0 saturated carbocycles. The van der Waals surface area contributed by atoms with E-state index in [1.807, 2.05) is 48.5 Å². The van der Waals surface area contributed by atoms with Crippen LogP contribution in [0.5, 0.6) is 11.5 Å². The highest BCUT2D eigenvalue weighted by molar-refractivity contribution is 7.45. The lowest BCUT2D eigenvalue weighted by Crippen LogP contribution is -2.54. The van der Waals surface area contributed by atoms with Crippen molar-refractivity contribution in [1.29, 1.82) is 0 Å². The molecular formula is C40H67N4O16P. The number of aromatic nitrogens is 2. The van der Waals surface area contributed by atoms with Crippen LogP contribution in [0, 0.1) is 23.7 Å². The Bertz CT molecular complexity index is 1840. The predicted molar refractivity (Wildman–Crippen MR) is 233 cm³/mol. The van der Waals surface area contributed by atoms with Gasteiger partial charge in [0.1, 0.15) is 11.5 Å². The van der Waals surface area contributed by atoms with Gasteiger partial charge in [-0.15, -0.1) is 13.2 Å². The molecule has 6 aliphatic heterocycles. The number of benzene rings is 2. The van der Waals surface area contributed by atoms with E-state index in [1.165, 1.54) is 12.8 Å². The highest BCUT2D eigenvalue weighted by atomic mass is 31.2. The third kappa shape index (κ3) is 14.0. The minimum absolute atomic E-state index is 0. The molecule has 10 rings (SSSR count). The van der Waals surface area contributed by atoms with E-state index in [2.05, 4.69) is 45.1 Å². The number of hydrogen-bond donors (Lipinski definition) is 5. The molecule has 6 fully saturated rings. The first-order valence-electron chi connectivity index (χ1n) is 18.1. The Morgan fingerprint density at radius 2 is 1.00 bits per heavy atom. The molecule has 8 heterocycles. The summed E-state index contributed by atoms with van der Waals surface area (Å²) in [5.74, 6) is 4.01. The van der Waals surface area contributed by atoms with Crippen LogP contribution in [0.4, 0.5) is 0 Å². The number of nitrogens with zero attached hydrogens (tertiary/aromatic N) is 4. The monoisotopic (exact) mass is 890 g/mol. The van der Waals surface area contributed by atoms with Crippen LogP contribution in [0.15, 0.2) is 86.2 Å². The fourth-order valence-electron chi connectivity index (χ4n) is 8.89. The van der Waals surface area contributed by atoms with Gasteiger partial charge in [0.2, 0.25) is 0 Å². The van der Waals surface area contributed by atoms with Crippen LogP contribution >= 0.6 is 7.82 Å². The molecule has 61 heavy (non-hydrogen) atoms. The Kier molecular flexibility index (Phi) is 26.6. The fourth-order valence-corrected chi connectivity index (χ4v) is 8.89. The number of phosphoric acid groups is 1. The van der Waals surface area contributed by atoms with Crippen LogP contribution in [-0.2, 0) is 4.57 Å². The third-order valence-electron chi connectivity index (χ3n) is 11.6. The van der Waals surface area contributed by atoms with Crippen molar-refractivity contribution in [3.63, 3.8) is 0 Å². The molecule has 21 N–H and O–H groups in total. The van der Waals surface area contributed by atoms with E-state index in [-0.39, 0.29) is 55.9 Å². The minimum atomic E-state index is -4.64. The Morgan fingerprint density at radius 3 is 1.28 bits per heavy atom. The quantitative estimate of drug-likeness (QED) is 0.103. The molecule has 20 nitrogen and oxygen atoms in total. The lowest BCUT2D eigenvalue weighted by atomic mass is 9.73. The van der Waals surface area contributed by atoms with Gasteiger partial charge >= 0.3 is 7.82 Å². The minimum Gasteiger partial charge on any atom is -0.497 e. The Labute approximate surface area is 354 Å². The van der Waals surface area contributed by atoms with Crippen LogP contribution in [0.1, 0.15) is 49.0 Å². The van der Waals surface area contributed by atoms with E-state index in [9.17, 15) is 10.2 Å². The van der Waals surface area contributed by atoms with Crippen LogP contribution in [0.3, 0.4) is 0 Å². The molecule has 6 aliphatic rings. The van der Waals surface area contributed by atoms with Crippen molar-refractivity contribution in [2.75, 3.05) is 40.4 Å². The first kappa shape index (κ1) is 61.3. The van der Waals surface area contributed by atoms with Gasteiger partial charge in [0.05, 0.1) is 37.5 Å². The van der Waals surface area contributed by atoms with Crippen LogP contribution in [-0.4, -0.2) is 141 Å². The maximum Gasteiger partial charge on any atom is 0.466 e. The first-order valence-corrected chi connectivity index (χ1v) is 19.7. The fraction of sp³-hybridized carbons (Fsp3) is 0.450. The molecule has 21 heteroatoms. The average Bonchev–Trinajstić information content (AvgIpc) is 3.19. The van der Waals surface area contributed by atoms with E-state index in [0.29, 0.717) is 23.7 Å². The van der Waals surface area contributed by atoms with E-state index in [0.717, 1.165) is 83.5 Å². The zero-order valence-corrected chi connectivity index (χ0v) is 35.2. The number of aliphatic hydroxyl groups is 2. The van der Waals surface area contributed by atoms with Gasteiger partial charge in [-0.1, -0.05) is 12.2 Å². The number of pyridine rings is 2. The van der Waals surface area contributed by atoms with Crippen molar-refractivity contribution in [2.24, 2.45) is 23.7 Å². The number of hydrogen-bond acceptors (Lipinski definition) is 9. The SMILES string of the molecule is C=C[C@H]1CN2CC[C@H]1C[C@H]2[C@H](O)c1ccnc2ccc(OC)cc12.C=C[C@H]1CN2CC[C@H]1C[C@H]2[C@H](O)c1ccnc2ccc(OC)cc12.O.O.O.O.O.O.O.O.O=P(O)(O)O. The summed E-state index contributed by atoms with van der Waals surface area (Å²) in [5, 5.41) is 24.3. The molecule has 4 bridgehead atoms. The molecule has 4 aromatic rings. The lowest BCUT2D eigenvalue weighted by Gasteiger charge is -2.50. The molecule has 2 aromatic carbocycles. The molecule has 2 aromatic heterocycles. The molecule has 2 unspecified atom stereocenters. The van der Waals surface area contributed by atoms with Gasteiger partial charge in [0, 0.05) is 48.3 Å². The van der Waals surface area contributed by atoms with E-state index >= 15 is 0 Å². The van der Waals surface area contributed by atoms with E-state index in [4.69, 9.17) is 28.7 Å². The van der Waals surface area contributed by atoms with Gasteiger partial charge < -0.3 is 78.2 Å². The van der Waals surface area contributed by atoms with Crippen LogP contribution < -0.4 is 9.47 Å². The van der Waals surface area contributed by atoms with Crippen molar-refractivity contribution in [3.8, 4) is 11.5 Å². The topological polar surface area (TPSA) is 421 Å². The number of piperidine rings is 6. The van der Waals surface area contributed by atoms with Crippen molar-refractivity contribution in [1.82, 2.24) is 19.8 Å². The number of fused-ring (bicyclic) bond motifs is 8. The Hall–Kier alpha value is -4.03. The maximum absolute atomic E-state index is 11.2. The summed E-state index contributed by atoms with van der Waals surface area (Å²) >= 11 is 0. The van der Waals surface area contributed by atoms with Crippen molar-refractivity contribution in [2.45, 2.75) is 50.0 Å². The summed E-state index contributed by atoms with van der Waals surface area (Å²) in [7, 11) is -1.32. The van der Waals surface area contributed by atoms with Gasteiger partial charge in [0.15, 0.2) is 0 Å². The zero-order valence-electron chi connectivity index (χ0n) is 34.3. The molecule has 0 amide bonds. The number of ether oxygens (including phenoxy) is 2. The van der Waals surface area contributed by atoms with E-state index in [1.54, 1.807) is 26.6 Å². The van der Waals surface area contributed by atoms with Gasteiger partial charge in [0.25, 0.3) is 0 Å². The molecule has 10 atom stereocenters. The van der Waals surface area contributed by atoms with Crippen LogP contribution in [0.2, 0.25) is 0 Å². The second kappa shape index (κ2) is 26.4. The third-order valence-corrected chi connectivity index (χ3v) is 11.6. The zero-order chi connectivity index (χ0) is 37.9. The average molecular weight is 891 g/mol. The van der Waals surface area contributed by atoms with Gasteiger partial charge in [-0.25, -0.2) is 4.57 Å². The van der Waals surface area contributed by atoms with Gasteiger partial charge in [-0.2, -0.15) is 0 Å². The van der Waals surface area contributed by atoms with E-state index < -0.39 is 20.0 Å². The summed E-state index contributed by atoms with van der Waals surface area (Å²) < 4.78 is 19.6. The standard InChI is InChI=1S/2C20H24N2O2.H3O4P.8H2O/c2*1-3-13-12-22-9-7-14(13)10-19(22)20(23)16-6-8-21-18-5-4-15(24-2)11-17(16)18;1-5(2,3)4;;;;;;;;/h2*3-6,8,11,13-14,19-20,23H,1,7,9-10,12H2,2H3;(H3,1,2,3,4);8*1H2/t2*13-,14-,19-,20+;;;;;;;;;/m00........./s1. The largest absolute Gasteiger partial charge is 0.497 e. The van der Waals surface area contributed by atoms with Crippen LogP contribution in [0.25, 0.3) is 21.8 Å². The van der Waals surface area contributed by atoms with Gasteiger partial charge in [-0.3, -0.25) is 19.8 Å². The normalized spacial score (nSPS) is 24.8. The van der Waals surface area contributed by atoms with Crippen molar-refractivity contribution in [3.05, 3.63) is 97.4 Å². The lowest BCUT2D eigenvalue weighted by molar-refractivity contribution is -0.0445. The maximum atomic E-state index is 11.2. The summed E-state index contributed by atoms with van der Waals surface area (Å²) in [4.78, 5) is 35.3. The molecule has 0 radical (unpaired) electrons. The first-order chi connectivity index (χ1) is 25.4.